The third kappa shape index (κ3) is 3.45. The molecule has 0 amide bonds. The van der Waals surface area contributed by atoms with Crippen molar-refractivity contribution in [2.24, 2.45) is 0 Å². The molecular weight excluding hydrogens is 388 g/mol. The van der Waals surface area contributed by atoms with Gasteiger partial charge in [-0.2, -0.15) is 0 Å². The van der Waals surface area contributed by atoms with E-state index in [-0.39, 0.29) is 6.04 Å². The third-order valence-electron chi connectivity index (χ3n) is 2.94. The molecular formula is C14H16Br2N2S. The van der Waals surface area contributed by atoms with Crippen LogP contribution in [0, 0.1) is 0 Å². The van der Waals surface area contributed by atoms with Crippen LogP contribution in [0.15, 0.2) is 32.5 Å². The summed E-state index contributed by atoms with van der Waals surface area (Å²) in [6, 6.07) is 6.44. The van der Waals surface area contributed by atoms with Gasteiger partial charge in [-0.3, -0.25) is 0 Å². The maximum atomic E-state index is 4.74. The first-order valence-electron chi connectivity index (χ1n) is 6.10. The minimum atomic E-state index is 0.141. The predicted octanol–water partition coefficient (Wildman–Crippen LogP) is 5.10. The van der Waals surface area contributed by atoms with Gasteiger partial charge in [0.1, 0.15) is 5.01 Å². The Morgan fingerprint density at radius 3 is 2.47 bits per heavy atom. The molecule has 0 aliphatic carbocycles. The molecule has 0 saturated heterocycles. The summed E-state index contributed by atoms with van der Waals surface area (Å²) < 4.78 is 2.12. The van der Waals surface area contributed by atoms with Crippen LogP contribution in [-0.2, 0) is 0 Å². The molecule has 2 rings (SSSR count). The molecule has 1 unspecified atom stereocenters. The summed E-state index contributed by atoms with van der Waals surface area (Å²) in [4.78, 5) is 4.74. The Balaban J connectivity index is 2.35. The van der Waals surface area contributed by atoms with E-state index in [1.807, 2.05) is 7.05 Å². The van der Waals surface area contributed by atoms with Crippen molar-refractivity contribution in [3.05, 3.63) is 48.8 Å². The fourth-order valence-corrected chi connectivity index (χ4v) is 3.58. The molecule has 19 heavy (non-hydrogen) atoms. The number of nitrogens with one attached hydrogen (secondary N) is 1. The summed E-state index contributed by atoms with van der Waals surface area (Å²) in [5, 5.41) is 6.61. The van der Waals surface area contributed by atoms with Crippen molar-refractivity contribution in [3.8, 4) is 0 Å². The molecule has 2 aromatic rings. The molecule has 102 valence electrons. The molecule has 0 saturated carbocycles. The zero-order valence-electron chi connectivity index (χ0n) is 11.1. The van der Waals surface area contributed by atoms with E-state index < -0.39 is 0 Å². The Hall–Kier alpha value is -0.230. The standard InChI is InChI=1S/C14H16Br2N2S/c1-8(2)12-7-19-14(18-12)13(17-3)9-4-5-10(15)11(16)6-9/h4-8,13,17H,1-3H3. The van der Waals surface area contributed by atoms with Crippen LogP contribution in [0.2, 0.25) is 0 Å². The van der Waals surface area contributed by atoms with E-state index in [1.165, 1.54) is 5.56 Å². The molecule has 1 N–H and O–H groups in total. The maximum absolute atomic E-state index is 4.74. The van der Waals surface area contributed by atoms with Gasteiger partial charge >= 0.3 is 0 Å². The van der Waals surface area contributed by atoms with Crippen LogP contribution in [0.3, 0.4) is 0 Å². The van der Waals surface area contributed by atoms with Crippen molar-refractivity contribution in [2.75, 3.05) is 7.05 Å². The molecule has 1 aromatic carbocycles. The minimum Gasteiger partial charge on any atom is -0.307 e. The lowest BCUT2D eigenvalue weighted by atomic mass is 10.1. The highest BCUT2D eigenvalue weighted by Crippen LogP contribution is 2.31. The fourth-order valence-electron chi connectivity index (χ4n) is 1.82. The average molecular weight is 404 g/mol. The van der Waals surface area contributed by atoms with Crippen molar-refractivity contribution in [2.45, 2.75) is 25.8 Å². The number of nitrogens with zero attached hydrogens (tertiary/aromatic N) is 1. The van der Waals surface area contributed by atoms with Crippen LogP contribution in [0.25, 0.3) is 0 Å². The van der Waals surface area contributed by atoms with Crippen molar-refractivity contribution in [1.82, 2.24) is 10.3 Å². The summed E-state index contributed by atoms with van der Waals surface area (Å²) in [7, 11) is 1.97. The molecule has 0 aliphatic rings. The Morgan fingerprint density at radius 1 is 1.21 bits per heavy atom. The molecule has 1 heterocycles. The Bertz CT molecular complexity index is 566. The number of halogens is 2. The normalized spacial score (nSPS) is 12.9. The van der Waals surface area contributed by atoms with Gasteiger partial charge in [0.15, 0.2) is 0 Å². The van der Waals surface area contributed by atoms with Gasteiger partial charge in [-0.05, 0) is 62.5 Å². The minimum absolute atomic E-state index is 0.141. The second-order valence-corrected chi connectivity index (χ2v) is 7.26. The molecule has 5 heteroatoms. The molecule has 1 aromatic heterocycles. The SMILES string of the molecule is CNC(c1ccc(Br)c(Br)c1)c1nc(C(C)C)cs1. The lowest BCUT2D eigenvalue weighted by Crippen LogP contribution is -2.17. The van der Waals surface area contributed by atoms with Crippen LogP contribution < -0.4 is 5.32 Å². The highest BCUT2D eigenvalue weighted by Gasteiger charge is 2.17. The molecule has 0 bridgehead atoms. The Morgan fingerprint density at radius 2 is 1.95 bits per heavy atom. The van der Waals surface area contributed by atoms with Gasteiger partial charge in [-0.1, -0.05) is 19.9 Å². The number of benzene rings is 1. The van der Waals surface area contributed by atoms with Crippen LogP contribution in [0.1, 0.15) is 42.1 Å². The zero-order chi connectivity index (χ0) is 14.0. The number of rotatable bonds is 4. The quantitative estimate of drug-likeness (QED) is 0.767. The first-order chi connectivity index (χ1) is 9.02. The van der Waals surface area contributed by atoms with Gasteiger partial charge in [-0.25, -0.2) is 4.98 Å². The van der Waals surface area contributed by atoms with Crippen LogP contribution >= 0.6 is 43.2 Å². The molecule has 1 atom stereocenters. The zero-order valence-corrected chi connectivity index (χ0v) is 15.1. The summed E-state index contributed by atoms with van der Waals surface area (Å²) in [5.74, 6) is 0.471. The first-order valence-corrected chi connectivity index (χ1v) is 8.57. The Labute approximate surface area is 134 Å². The fraction of sp³-hybridized carbons (Fsp3) is 0.357. The van der Waals surface area contributed by atoms with E-state index in [1.54, 1.807) is 11.3 Å². The van der Waals surface area contributed by atoms with Crippen LogP contribution in [0.4, 0.5) is 0 Å². The summed E-state index contributed by atoms with van der Waals surface area (Å²) in [6.45, 7) is 4.34. The highest BCUT2D eigenvalue weighted by molar-refractivity contribution is 9.13. The molecule has 0 radical (unpaired) electrons. The maximum Gasteiger partial charge on any atom is 0.114 e. The van der Waals surface area contributed by atoms with E-state index in [0.717, 1.165) is 19.6 Å². The lowest BCUT2D eigenvalue weighted by molar-refractivity contribution is 0.678. The van der Waals surface area contributed by atoms with Gasteiger partial charge in [0.2, 0.25) is 0 Å². The summed E-state index contributed by atoms with van der Waals surface area (Å²) in [6.07, 6.45) is 0. The van der Waals surface area contributed by atoms with E-state index in [2.05, 4.69) is 74.6 Å². The second kappa shape index (κ2) is 6.48. The smallest absolute Gasteiger partial charge is 0.114 e. The first kappa shape index (κ1) is 15.2. The van der Waals surface area contributed by atoms with E-state index in [9.17, 15) is 0 Å². The number of hydrogen-bond acceptors (Lipinski definition) is 3. The monoisotopic (exact) mass is 402 g/mol. The van der Waals surface area contributed by atoms with Crippen LogP contribution in [0.5, 0.6) is 0 Å². The van der Waals surface area contributed by atoms with Gasteiger partial charge < -0.3 is 5.32 Å². The third-order valence-corrected chi connectivity index (χ3v) is 5.75. The van der Waals surface area contributed by atoms with E-state index >= 15 is 0 Å². The molecule has 2 nitrogen and oxygen atoms in total. The average Bonchev–Trinajstić information content (AvgIpc) is 2.84. The van der Waals surface area contributed by atoms with Crippen molar-refractivity contribution in [3.63, 3.8) is 0 Å². The molecule has 0 aliphatic heterocycles. The second-order valence-electron chi connectivity index (χ2n) is 4.66. The number of aromatic nitrogens is 1. The summed E-state index contributed by atoms with van der Waals surface area (Å²) in [5.41, 5.74) is 2.37. The lowest BCUT2D eigenvalue weighted by Gasteiger charge is -2.15. The van der Waals surface area contributed by atoms with E-state index in [4.69, 9.17) is 4.98 Å². The van der Waals surface area contributed by atoms with Crippen molar-refractivity contribution >= 4 is 43.2 Å². The van der Waals surface area contributed by atoms with Gasteiger partial charge in [0.25, 0.3) is 0 Å². The highest BCUT2D eigenvalue weighted by atomic mass is 79.9. The van der Waals surface area contributed by atoms with Gasteiger partial charge in [0.05, 0.1) is 11.7 Å². The topological polar surface area (TPSA) is 24.9 Å². The van der Waals surface area contributed by atoms with Gasteiger partial charge in [0, 0.05) is 14.3 Å². The predicted molar refractivity (Wildman–Crippen MR) is 88.9 cm³/mol. The number of thiazole rings is 1. The molecule has 0 spiro atoms. The van der Waals surface area contributed by atoms with Crippen molar-refractivity contribution < 1.29 is 0 Å². The Kier molecular flexibility index (Phi) is 5.17. The number of hydrogen-bond donors (Lipinski definition) is 1. The summed E-state index contributed by atoms with van der Waals surface area (Å²) >= 11 is 8.77. The largest absolute Gasteiger partial charge is 0.307 e. The van der Waals surface area contributed by atoms with Crippen LogP contribution in [-0.4, -0.2) is 12.0 Å². The van der Waals surface area contributed by atoms with E-state index in [0.29, 0.717) is 5.92 Å². The molecule has 0 fully saturated rings. The van der Waals surface area contributed by atoms with Crippen molar-refractivity contribution in [1.29, 1.82) is 0 Å². The van der Waals surface area contributed by atoms with Gasteiger partial charge in [-0.15, -0.1) is 11.3 Å².